The Kier molecular flexibility index (Phi) is 5.96. The number of benzene rings is 8. The Morgan fingerprint density at radius 3 is 1.12 bits per heavy atom. The summed E-state index contributed by atoms with van der Waals surface area (Å²) in [6.45, 7) is 0. The first kappa shape index (κ1) is 28.0. The third-order valence-corrected chi connectivity index (χ3v) is 10.6. The number of nitrogens with zero attached hydrogens (tertiary/aromatic N) is 2. The van der Waals surface area contributed by atoms with Gasteiger partial charge in [-0.2, -0.15) is 0 Å². The van der Waals surface area contributed by atoms with Crippen LogP contribution in [-0.2, 0) is 0 Å². The van der Waals surface area contributed by atoms with E-state index >= 15 is 0 Å². The molecule has 0 amide bonds. The molecule has 0 bridgehead atoms. The zero-order valence-electron chi connectivity index (χ0n) is 27.7. The van der Waals surface area contributed by atoms with Crippen LogP contribution in [-0.4, -0.2) is 14.1 Å². The van der Waals surface area contributed by atoms with Crippen LogP contribution in [0.5, 0.6) is 0 Å². The van der Waals surface area contributed by atoms with Crippen molar-refractivity contribution >= 4 is 65.4 Å². The van der Waals surface area contributed by atoms with E-state index in [9.17, 15) is 0 Å². The zero-order chi connectivity index (χ0) is 33.5. The number of hydrogen-bond donors (Lipinski definition) is 1. The van der Waals surface area contributed by atoms with Crippen molar-refractivity contribution in [1.29, 1.82) is 0 Å². The molecule has 1 N–H and O–H groups in total. The first-order valence-electron chi connectivity index (χ1n) is 17.5. The topological polar surface area (TPSA) is 25.6 Å². The van der Waals surface area contributed by atoms with Gasteiger partial charge in [-0.3, -0.25) is 0 Å². The Morgan fingerprint density at radius 2 is 0.647 bits per heavy atom. The fraction of sp³-hybridized carbons (Fsp3) is 0. The first-order chi connectivity index (χ1) is 25.3. The SMILES string of the molecule is c1ccc(-n2c3ccccc3c3ccc(-c4ccc5[nH]c6ccc(-c7ccc8c9ccccc9n(-c9ccccc9)c8c7)cc6c5c4)cc32)cc1. The predicted molar refractivity (Wildman–Crippen MR) is 215 cm³/mol. The van der Waals surface area contributed by atoms with Crippen molar-refractivity contribution in [3.8, 4) is 33.6 Å². The van der Waals surface area contributed by atoms with Gasteiger partial charge >= 0.3 is 0 Å². The molecule has 0 saturated heterocycles. The predicted octanol–water partition coefficient (Wildman–Crippen LogP) is 12.8. The van der Waals surface area contributed by atoms with Crippen molar-refractivity contribution in [3.63, 3.8) is 0 Å². The molecule has 11 rings (SSSR count). The van der Waals surface area contributed by atoms with E-state index in [1.807, 2.05) is 0 Å². The molecule has 0 radical (unpaired) electrons. The molecule has 3 heterocycles. The lowest BCUT2D eigenvalue weighted by Gasteiger charge is -2.09. The van der Waals surface area contributed by atoms with Gasteiger partial charge in [0.1, 0.15) is 0 Å². The maximum absolute atomic E-state index is 3.68. The number of fused-ring (bicyclic) bond motifs is 9. The van der Waals surface area contributed by atoms with E-state index in [2.05, 4.69) is 196 Å². The lowest BCUT2D eigenvalue weighted by molar-refractivity contribution is 1.18. The average Bonchev–Trinajstić information content (AvgIpc) is 3.85. The van der Waals surface area contributed by atoms with E-state index in [-0.39, 0.29) is 0 Å². The van der Waals surface area contributed by atoms with Gasteiger partial charge in [0.25, 0.3) is 0 Å². The average molecular weight is 650 g/mol. The van der Waals surface area contributed by atoms with Crippen LogP contribution < -0.4 is 0 Å². The molecule has 8 aromatic carbocycles. The second kappa shape index (κ2) is 10.8. The van der Waals surface area contributed by atoms with Crippen LogP contribution in [0.2, 0.25) is 0 Å². The second-order valence-corrected chi connectivity index (χ2v) is 13.5. The summed E-state index contributed by atoms with van der Waals surface area (Å²) in [5, 5.41) is 7.52. The number of para-hydroxylation sites is 4. The molecule has 0 spiro atoms. The largest absolute Gasteiger partial charge is 0.355 e. The van der Waals surface area contributed by atoms with E-state index in [0.717, 1.165) is 11.0 Å². The monoisotopic (exact) mass is 649 g/mol. The maximum atomic E-state index is 3.68. The fourth-order valence-corrected chi connectivity index (χ4v) is 8.27. The molecule has 0 fully saturated rings. The third kappa shape index (κ3) is 4.25. The molecule has 3 aromatic heterocycles. The summed E-state index contributed by atoms with van der Waals surface area (Å²) in [7, 11) is 0. The van der Waals surface area contributed by atoms with Crippen LogP contribution in [0.25, 0.3) is 99.0 Å². The molecule has 0 unspecified atom stereocenters. The summed E-state index contributed by atoms with van der Waals surface area (Å²) in [6.07, 6.45) is 0. The molecule has 0 atom stereocenters. The van der Waals surface area contributed by atoms with E-state index in [4.69, 9.17) is 0 Å². The Labute approximate surface area is 294 Å². The van der Waals surface area contributed by atoms with Crippen molar-refractivity contribution in [1.82, 2.24) is 14.1 Å². The Morgan fingerprint density at radius 1 is 0.275 bits per heavy atom. The Hall–Kier alpha value is -6.84. The molecular weight excluding hydrogens is 619 g/mol. The first-order valence-corrected chi connectivity index (χ1v) is 17.5. The summed E-state index contributed by atoms with van der Waals surface area (Å²) >= 11 is 0. The summed E-state index contributed by atoms with van der Waals surface area (Å²) < 4.78 is 4.78. The van der Waals surface area contributed by atoms with Gasteiger partial charge in [0.15, 0.2) is 0 Å². The number of nitrogens with one attached hydrogen (secondary N) is 1. The van der Waals surface area contributed by atoms with Crippen LogP contribution in [0.3, 0.4) is 0 Å². The molecule has 3 nitrogen and oxygen atoms in total. The quantitative estimate of drug-likeness (QED) is 0.196. The lowest BCUT2D eigenvalue weighted by atomic mass is 9.99. The molecule has 51 heavy (non-hydrogen) atoms. The summed E-state index contributed by atoms with van der Waals surface area (Å²) in [5.74, 6) is 0. The summed E-state index contributed by atoms with van der Waals surface area (Å²) in [6, 6.07) is 66.2. The van der Waals surface area contributed by atoms with Gasteiger partial charge < -0.3 is 14.1 Å². The van der Waals surface area contributed by atoms with E-state index < -0.39 is 0 Å². The van der Waals surface area contributed by atoms with Crippen molar-refractivity contribution in [2.75, 3.05) is 0 Å². The van der Waals surface area contributed by atoms with Gasteiger partial charge in [-0.15, -0.1) is 0 Å². The molecule has 3 heteroatoms. The van der Waals surface area contributed by atoms with Gasteiger partial charge in [-0.25, -0.2) is 0 Å². The van der Waals surface area contributed by atoms with Crippen LogP contribution in [0.4, 0.5) is 0 Å². The van der Waals surface area contributed by atoms with Gasteiger partial charge in [0.2, 0.25) is 0 Å². The molecule has 0 aliphatic rings. The lowest BCUT2D eigenvalue weighted by Crippen LogP contribution is -1.93. The van der Waals surface area contributed by atoms with Crippen molar-refractivity contribution in [2.45, 2.75) is 0 Å². The normalized spacial score (nSPS) is 11.9. The Bertz CT molecular complexity index is 2910. The van der Waals surface area contributed by atoms with Gasteiger partial charge in [0.05, 0.1) is 22.1 Å². The van der Waals surface area contributed by atoms with Gasteiger partial charge in [-0.05, 0) is 95.1 Å². The number of aromatic amines is 1. The highest BCUT2D eigenvalue weighted by molar-refractivity contribution is 6.13. The number of hydrogen-bond acceptors (Lipinski definition) is 0. The van der Waals surface area contributed by atoms with E-state index in [1.54, 1.807) is 0 Å². The molecule has 0 aliphatic heterocycles. The van der Waals surface area contributed by atoms with E-state index in [1.165, 1.54) is 88.0 Å². The van der Waals surface area contributed by atoms with Gasteiger partial charge in [-0.1, -0.05) is 109 Å². The molecule has 0 aliphatic carbocycles. The van der Waals surface area contributed by atoms with E-state index in [0.29, 0.717) is 0 Å². The van der Waals surface area contributed by atoms with Crippen LogP contribution in [0.15, 0.2) is 182 Å². The maximum Gasteiger partial charge on any atom is 0.0547 e. The fourth-order valence-electron chi connectivity index (χ4n) is 8.27. The second-order valence-electron chi connectivity index (χ2n) is 13.5. The number of H-pyrrole nitrogens is 1. The van der Waals surface area contributed by atoms with Crippen molar-refractivity contribution in [2.24, 2.45) is 0 Å². The van der Waals surface area contributed by atoms with Gasteiger partial charge in [0, 0.05) is 54.7 Å². The van der Waals surface area contributed by atoms with Crippen molar-refractivity contribution in [3.05, 3.63) is 182 Å². The van der Waals surface area contributed by atoms with Crippen molar-refractivity contribution < 1.29 is 0 Å². The van der Waals surface area contributed by atoms with Crippen LogP contribution in [0.1, 0.15) is 0 Å². The highest BCUT2D eigenvalue weighted by Crippen LogP contribution is 2.39. The molecule has 0 saturated carbocycles. The minimum absolute atomic E-state index is 1.14. The number of aromatic nitrogens is 3. The zero-order valence-corrected chi connectivity index (χ0v) is 27.7. The minimum atomic E-state index is 1.14. The minimum Gasteiger partial charge on any atom is -0.355 e. The molecular formula is C48H31N3. The standard InChI is InChI=1S/C48H31N3/c1-3-11-35(12-4-1)50-45-17-9-7-15-37(45)39-23-19-33(29-47(39)50)31-21-25-43-41(27-31)42-28-32(22-26-44(42)49-43)34-20-24-40-38-16-8-10-18-46(38)51(48(40)30-34)36-13-5-2-6-14-36/h1-30,49H. The molecule has 238 valence electrons. The summed E-state index contributed by atoms with van der Waals surface area (Å²) in [5.41, 5.74) is 14.3. The highest BCUT2D eigenvalue weighted by atomic mass is 15.0. The Balaban J connectivity index is 1.07. The number of rotatable bonds is 4. The van der Waals surface area contributed by atoms with Crippen LogP contribution in [0, 0.1) is 0 Å². The molecule has 11 aromatic rings. The highest BCUT2D eigenvalue weighted by Gasteiger charge is 2.16. The third-order valence-electron chi connectivity index (χ3n) is 10.6. The van der Waals surface area contributed by atoms with Crippen LogP contribution >= 0.6 is 0 Å². The smallest absolute Gasteiger partial charge is 0.0547 e. The summed E-state index contributed by atoms with van der Waals surface area (Å²) in [4.78, 5) is 3.68.